The summed E-state index contributed by atoms with van der Waals surface area (Å²) < 4.78 is 5.40. The lowest BCUT2D eigenvalue weighted by Gasteiger charge is -2.32. The van der Waals surface area contributed by atoms with Crippen molar-refractivity contribution in [2.75, 3.05) is 23.8 Å². The molecule has 2 fully saturated rings. The van der Waals surface area contributed by atoms with Crippen LogP contribution in [0.5, 0.6) is 0 Å². The number of aromatic nitrogens is 3. The van der Waals surface area contributed by atoms with Crippen molar-refractivity contribution in [3.8, 4) is 0 Å². The summed E-state index contributed by atoms with van der Waals surface area (Å²) in [6.45, 7) is 1.51. The van der Waals surface area contributed by atoms with Crippen molar-refractivity contribution in [2.45, 2.75) is 37.4 Å². The molecule has 0 bridgehead atoms. The van der Waals surface area contributed by atoms with E-state index in [9.17, 15) is 0 Å². The van der Waals surface area contributed by atoms with Crippen LogP contribution < -0.4 is 16.4 Å². The molecule has 0 aromatic carbocycles. The van der Waals surface area contributed by atoms with E-state index in [0.717, 1.165) is 42.6 Å². The molecular formula is C15H20N6O. The van der Waals surface area contributed by atoms with Crippen molar-refractivity contribution in [3.05, 3.63) is 18.5 Å². The highest BCUT2D eigenvalue weighted by Gasteiger charge is 2.26. The first kappa shape index (κ1) is 13.7. The molecule has 2 aliphatic rings. The Morgan fingerprint density at radius 1 is 1.18 bits per heavy atom. The molecule has 22 heavy (non-hydrogen) atoms. The van der Waals surface area contributed by atoms with Gasteiger partial charge in [-0.1, -0.05) is 0 Å². The predicted molar refractivity (Wildman–Crippen MR) is 84.8 cm³/mol. The Bertz CT molecular complexity index is 666. The largest absolute Gasteiger partial charge is 0.379 e. The van der Waals surface area contributed by atoms with E-state index in [1.165, 1.54) is 0 Å². The predicted octanol–water partition coefficient (Wildman–Crippen LogP) is 1.13. The lowest BCUT2D eigenvalue weighted by molar-refractivity contribution is 0.195. The summed E-state index contributed by atoms with van der Waals surface area (Å²) in [4.78, 5) is 13.5. The van der Waals surface area contributed by atoms with Gasteiger partial charge in [-0.15, -0.1) is 0 Å². The first-order valence-electron chi connectivity index (χ1n) is 7.76. The Balaban J connectivity index is 1.58. The maximum atomic E-state index is 5.82. The van der Waals surface area contributed by atoms with Crippen LogP contribution in [0.4, 0.5) is 11.8 Å². The summed E-state index contributed by atoms with van der Waals surface area (Å²) in [5.74, 6) is 1.44. The lowest BCUT2D eigenvalue weighted by Crippen LogP contribution is -2.44. The number of hydrogen-bond acceptors (Lipinski definition) is 7. The van der Waals surface area contributed by atoms with E-state index in [1.54, 1.807) is 6.20 Å². The van der Waals surface area contributed by atoms with Crippen LogP contribution in [0.25, 0.3) is 10.9 Å². The van der Waals surface area contributed by atoms with Crippen molar-refractivity contribution in [3.63, 3.8) is 0 Å². The minimum absolute atomic E-state index is 0.300. The van der Waals surface area contributed by atoms with Crippen molar-refractivity contribution in [1.29, 1.82) is 0 Å². The average Bonchev–Trinajstić information content (AvgIpc) is 2.99. The molecule has 1 saturated carbocycles. The third kappa shape index (κ3) is 2.69. The molecule has 1 aliphatic carbocycles. The summed E-state index contributed by atoms with van der Waals surface area (Å²) >= 11 is 0. The van der Waals surface area contributed by atoms with Crippen LogP contribution >= 0.6 is 0 Å². The maximum absolute atomic E-state index is 5.82. The third-order valence-corrected chi connectivity index (χ3v) is 4.28. The highest BCUT2D eigenvalue weighted by molar-refractivity contribution is 5.88. The molecule has 1 saturated heterocycles. The summed E-state index contributed by atoms with van der Waals surface area (Å²) in [5.41, 5.74) is 6.66. The molecule has 2 aromatic rings. The zero-order valence-corrected chi connectivity index (χ0v) is 12.3. The molecular weight excluding hydrogens is 280 g/mol. The van der Waals surface area contributed by atoms with Gasteiger partial charge in [0.15, 0.2) is 5.82 Å². The number of nitrogens with zero attached hydrogens (tertiary/aromatic N) is 3. The lowest BCUT2D eigenvalue weighted by atomic mass is 9.88. The third-order valence-electron chi connectivity index (χ3n) is 4.28. The fraction of sp³-hybridized carbons (Fsp3) is 0.533. The van der Waals surface area contributed by atoms with Gasteiger partial charge >= 0.3 is 0 Å². The van der Waals surface area contributed by atoms with Gasteiger partial charge in [0, 0.05) is 36.5 Å². The van der Waals surface area contributed by atoms with E-state index in [0.29, 0.717) is 30.7 Å². The number of hydrogen-bond donors (Lipinski definition) is 3. The molecule has 3 heterocycles. The Morgan fingerprint density at radius 2 is 2.09 bits per heavy atom. The van der Waals surface area contributed by atoms with Gasteiger partial charge < -0.3 is 21.1 Å². The standard InChI is InChI=1S/C15H20N6O/c16-10-5-12(6-10)20-15-18-7-9-1-3-17-14(13(9)21-15)19-11-2-4-22-8-11/h1,3,7,10-12H,2,4-6,8,16H2,(H,17,19)(H,18,20,21)/t10?,11-,12?/m1/s1. The molecule has 7 heteroatoms. The fourth-order valence-corrected chi connectivity index (χ4v) is 2.94. The Labute approximate surface area is 128 Å². The van der Waals surface area contributed by atoms with Gasteiger partial charge in [-0.2, -0.15) is 0 Å². The molecule has 116 valence electrons. The minimum atomic E-state index is 0.300. The SMILES string of the molecule is NC1CC(Nc2ncc3ccnc(N[C@@H]4CCOC4)c3n2)C1. The van der Waals surface area contributed by atoms with Gasteiger partial charge in [0.25, 0.3) is 0 Å². The van der Waals surface area contributed by atoms with E-state index in [-0.39, 0.29) is 0 Å². The zero-order valence-electron chi connectivity index (χ0n) is 12.3. The highest BCUT2D eigenvalue weighted by Crippen LogP contribution is 2.24. The summed E-state index contributed by atoms with van der Waals surface area (Å²) in [6, 6.07) is 2.91. The Hall–Kier alpha value is -1.99. The molecule has 0 unspecified atom stereocenters. The van der Waals surface area contributed by atoms with Crippen LogP contribution in [-0.4, -0.2) is 46.3 Å². The molecule has 2 aromatic heterocycles. The molecule has 0 amide bonds. The summed E-state index contributed by atoms with van der Waals surface area (Å²) in [6.07, 6.45) is 6.55. The molecule has 7 nitrogen and oxygen atoms in total. The van der Waals surface area contributed by atoms with Crippen LogP contribution in [0.1, 0.15) is 19.3 Å². The number of nitrogens with one attached hydrogen (secondary N) is 2. The van der Waals surface area contributed by atoms with Crippen LogP contribution in [-0.2, 0) is 4.74 Å². The van der Waals surface area contributed by atoms with Crippen molar-refractivity contribution >= 4 is 22.7 Å². The fourth-order valence-electron chi connectivity index (χ4n) is 2.94. The van der Waals surface area contributed by atoms with Crippen LogP contribution in [0.2, 0.25) is 0 Å². The van der Waals surface area contributed by atoms with Crippen LogP contribution in [0, 0.1) is 0 Å². The van der Waals surface area contributed by atoms with E-state index in [4.69, 9.17) is 10.5 Å². The summed E-state index contributed by atoms with van der Waals surface area (Å²) in [5, 5.41) is 7.74. The number of rotatable bonds is 4. The Kier molecular flexibility index (Phi) is 3.51. The van der Waals surface area contributed by atoms with Crippen LogP contribution in [0.15, 0.2) is 18.5 Å². The van der Waals surface area contributed by atoms with E-state index < -0.39 is 0 Å². The van der Waals surface area contributed by atoms with Gasteiger partial charge in [-0.3, -0.25) is 0 Å². The first-order valence-corrected chi connectivity index (χ1v) is 7.76. The van der Waals surface area contributed by atoms with E-state index >= 15 is 0 Å². The molecule has 0 spiro atoms. The maximum Gasteiger partial charge on any atom is 0.223 e. The average molecular weight is 300 g/mol. The quantitative estimate of drug-likeness (QED) is 0.778. The number of ether oxygens (including phenoxy) is 1. The van der Waals surface area contributed by atoms with Crippen molar-refractivity contribution < 1.29 is 4.74 Å². The molecule has 0 radical (unpaired) electrons. The second-order valence-electron chi connectivity index (χ2n) is 6.07. The molecule has 4 N–H and O–H groups in total. The molecule has 1 atom stereocenters. The second kappa shape index (κ2) is 5.66. The Morgan fingerprint density at radius 3 is 2.86 bits per heavy atom. The minimum Gasteiger partial charge on any atom is -0.379 e. The monoisotopic (exact) mass is 300 g/mol. The van der Waals surface area contributed by atoms with Crippen molar-refractivity contribution in [1.82, 2.24) is 15.0 Å². The van der Waals surface area contributed by atoms with Crippen LogP contribution in [0.3, 0.4) is 0 Å². The number of nitrogens with two attached hydrogens (primary N) is 1. The van der Waals surface area contributed by atoms with Gasteiger partial charge in [0.2, 0.25) is 5.95 Å². The molecule has 1 aliphatic heterocycles. The highest BCUT2D eigenvalue weighted by atomic mass is 16.5. The van der Waals surface area contributed by atoms with E-state index in [1.807, 2.05) is 12.3 Å². The normalized spacial score (nSPS) is 27.6. The van der Waals surface area contributed by atoms with Gasteiger partial charge in [-0.05, 0) is 25.3 Å². The smallest absolute Gasteiger partial charge is 0.223 e. The van der Waals surface area contributed by atoms with Gasteiger partial charge in [0.05, 0.1) is 12.6 Å². The number of anilines is 2. The van der Waals surface area contributed by atoms with Gasteiger partial charge in [-0.25, -0.2) is 15.0 Å². The van der Waals surface area contributed by atoms with Crippen molar-refractivity contribution in [2.24, 2.45) is 5.73 Å². The first-order chi connectivity index (χ1) is 10.8. The summed E-state index contributed by atoms with van der Waals surface area (Å²) in [7, 11) is 0. The van der Waals surface area contributed by atoms with Gasteiger partial charge in [0.1, 0.15) is 5.52 Å². The zero-order chi connectivity index (χ0) is 14.9. The topological polar surface area (TPSA) is 98.0 Å². The number of fused-ring (bicyclic) bond motifs is 1. The van der Waals surface area contributed by atoms with E-state index in [2.05, 4.69) is 25.6 Å². The second-order valence-corrected chi connectivity index (χ2v) is 6.07. The number of pyridine rings is 1. The molecule has 4 rings (SSSR count).